The van der Waals surface area contributed by atoms with Crippen molar-refractivity contribution in [2.45, 2.75) is 0 Å². The first-order valence-electron chi connectivity index (χ1n) is 7.61. The van der Waals surface area contributed by atoms with Crippen LogP contribution in [0.15, 0.2) is 81.6 Å². The van der Waals surface area contributed by atoms with Crippen LogP contribution in [0.1, 0.15) is 0 Å². The van der Waals surface area contributed by atoms with Gasteiger partial charge < -0.3 is 0 Å². The summed E-state index contributed by atoms with van der Waals surface area (Å²) in [6.07, 6.45) is 0. The largest absolute Gasteiger partial charge is 0.418 e. The minimum absolute atomic E-state index is 0.916. The molecule has 0 N–H and O–H groups in total. The number of hydrogen-bond acceptors (Lipinski definition) is 2. The lowest BCUT2D eigenvalue weighted by Gasteiger charge is -1.90. The molecule has 0 aliphatic heterocycles. The van der Waals surface area contributed by atoms with Crippen molar-refractivity contribution in [1.82, 2.24) is 0 Å². The molecule has 5 rings (SSSR count). The monoisotopic (exact) mass is 348 g/mol. The minimum Gasteiger partial charge on any atom is -0.194 e. The van der Waals surface area contributed by atoms with Crippen molar-refractivity contribution in [2.24, 2.45) is 0 Å². The van der Waals surface area contributed by atoms with Gasteiger partial charge in [-0.1, -0.05) is 30.3 Å². The Bertz CT molecular complexity index is 1020. The Balaban J connectivity index is 1.62. The highest BCUT2D eigenvalue weighted by atomic mass is 32.1. The van der Waals surface area contributed by atoms with Crippen molar-refractivity contribution in [3.05, 3.63) is 72.8 Å². The molecule has 0 spiro atoms. The van der Waals surface area contributed by atoms with Gasteiger partial charge in [0.1, 0.15) is 9.40 Å². The van der Waals surface area contributed by atoms with E-state index in [-0.39, 0.29) is 0 Å². The molecule has 0 radical (unpaired) electrons. The van der Waals surface area contributed by atoms with E-state index in [0.717, 1.165) is 41.8 Å². The zero-order valence-corrected chi connectivity index (χ0v) is 14.2. The topological polar surface area (TPSA) is 22.6 Å². The predicted molar refractivity (Wildman–Crippen MR) is 101 cm³/mol. The maximum atomic E-state index is 6.00. The van der Waals surface area contributed by atoms with E-state index < -0.39 is 0 Å². The van der Waals surface area contributed by atoms with Gasteiger partial charge >= 0.3 is 21.3 Å². The van der Waals surface area contributed by atoms with E-state index in [4.69, 9.17) is 8.83 Å². The molecule has 4 heteroatoms. The number of para-hydroxylation sites is 2. The lowest BCUT2D eigenvalue weighted by atomic mass is 10.1. The summed E-state index contributed by atoms with van der Waals surface area (Å²) in [6, 6.07) is 24.5. The zero-order chi connectivity index (χ0) is 15.9. The van der Waals surface area contributed by atoms with Crippen LogP contribution in [0.2, 0.25) is 0 Å². The van der Waals surface area contributed by atoms with Gasteiger partial charge in [-0.05, 0) is 53.0 Å². The maximum absolute atomic E-state index is 6.00. The molecule has 2 nitrogen and oxygen atoms in total. The first-order valence-corrected chi connectivity index (χ1v) is 9.24. The molecule has 0 bridgehead atoms. The Morgan fingerprint density at radius 3 is 1.54 bits per heavy atom. The Morgan fingerprint density at radius 1 is 0.542 bits per heavy atom. The van der Waals surface area contributed by atoms with E-state index >= 15 is 0 Å². The Morgan fingerprint density at radius 2 is 1.04 bits per heavy atom. The molecule has 114 valence electrons. The summed E-state index contributed by atoms with van der Waals surface area (Å²) in [5.41, 5.74) is 3.99. The molecule has 2 heterocycles. The highest BCUT2D eigenvalue weighted by molar-refractivity contribution is 7.21. The van der Waals surface area contributed by atoms with E-state index in [2.05, 4.69) is 30.3 Å². The summed E-state index contributed by atoms with van der Waals surface area (Å²) in [5, 5.41) is 1.83. The van der Waals surface area contributed by atoms with E-state index in [0.29, 0.717) is 0 Å². The van der Waals surface area contributed by atoms with Crippen molar-refractivity contribution in [1.29, 1.82) is 0 Å². The minimum atomic E-state index is 0.916. The molecular formula is C20H12O2S2+2. The van der Waals surface area contributed by atoms with Crippen LogP contribution in [0.25, 0.3) is 41.8 Å². The summed E-state index contributed by atoms with van der Waals surface area (Å²) in [4.78, 5) is 0. The number of fused-ring (bicyclic) bond motifs is 2. The Kier molecular flexibility index (Phi) is 3.18. The van der Waals surface area contributed by atoms with Crippen LogP contribution >= 0.6 is 22.7 Å². The van der Waals surface area contributed by atoms with Gasteiger partial charge in [-0.15, -0.1) is 0 Å². The summed E-state index contributed by atoms with van der Waals surface area (Å²) < 4.78 is 14.3. The van der Waals surface area contributed by atoms with Gasteiger partial charge in [0.2, 0.25) is 0 Å². The summed E-state index contributed by atoms with van der Waals surface area (Å²) in [7, 11) is 0. The molecule has 5 aromatic rings. The second kappa shape index (κ2) is 5.51. The highest BCUT2D eigenvalue weighted by Crippen LogP contribution is 2.38. The van der Waals surface area contributed by atoms with Crippen LogP contribution in [0, 0.1) is 0 Å². The second-order valence-corrected chi connectivity index (χ2v) is 7.49. The maximum Gasteiger partial charge on any atom is 0.418 e. The van der Waals surface area contributed by atoms with E-state index in [1.807, 2.05) is 42.5 Å². The number of benzene rings is 3. The molecule has 2 aromatic heterocycles. The Labute approximate surface area is 146 Å². The van der Waals surface area contributed by atoms with Gasteiger partial charge in [0.05, 0.1) is 11.1 Å². The molecular weight excluding hydrogens is 336 g/mol. The molecule has 0 aliphatic rings. The van der Waals surface area contributed by atoms with Gasteiger partial charge in [-0.25, -0.2) is 0 Å². The van der Waals surface area contributed by atoms with E-state index in [1.165, 1.54) is 0 Å². The summed E-state index contributed by atoms with van der Waals surface area (Å²) in [6.45, 7) is 0. The van der Waals surface area contributed by atoms with E-state index in [1.54, 1.807) is 22.7 Å². The third kappa shape index (κ3) is 2.31. The molecule has 0 aliphatic carbocycles. The fraction of sp³-hybridized carbons (Fsp3) is 0. The lowest BCUT2D eigenvalue weighted by molar-refractivity contribution is 0.636. The smallest absolute Gasteiger partial charge is 0.194 e. The molecule has 0 atom stereocenters. The predicted octanol–water partition coefficient (Wildman–Crippen LogP) is 7.20. The van der Waals surface area contributed by atoms with Crippen molar-refractivity contribution in [2.75, 3.05) is 0 Å². The standard InChI is InChI=1S/C20H12O2S2/c1-3-10-17-15(8-1)21-19(23-17)13-6-5-7-14(12-13)20-22-16-9-2-4-11-18(16)24-20/h1-12H/q+2. The van der Waals surface area contributed by atoms with Crippen LogP contribution in [0.5, 0.6) is 0 Å². The second-order valence-electron chi connectivity index (χ2n) is 5.46. The van der Waals surface area contributed by atoms with Crippen LogP contribution in [-0.2, 0) is 0 Å². The fourth-order valence-corrected chi connectivity index (χ4v) is 4.55. The summed E-state index contributed by atoms with van der Waals surface area (Å²) >= 11 is 3.33. The SMILES string of the molecule is c1cc(-c2[o+]c3ccccc3s2)cc(-c2[o+]c3ccccc3s2)c1. The van der Waals surface area contributed by atoms with Gasteiger partial charge in [0, 0.05) is 12.1 Å². The molecule has 0 saturated carbocycles. The summed E-state index contributed by atoms with van der Waals surface area (Å²) in [5.74, 6) is 0. The molecule has 0 saturated heterocycles. The van der Waals surface area contributed by atoms with Crippen LogP contribution in [0.4, 0.5) is 0 Å². The van der Waals surface area contributed by atoms with Crippen LogP contribution in [-0.4, -0.2) is 0 Å². The molecule has 24 heavy (non-hydrogen) atoms. The molecule has 0 amide bonds. The average molecular weight is 348 g/mol. The Hall–Kier alpha value is -2.56. The van der Waals surface area contributed by atoms with Crippen LogP contribution in [0.3, 0.4) is 0 Å². The molecule has 0 unspecified atom stereocenters. The van der Waals surface area contributed by atoms with Gasteiger partial charge in [0.15, 0.2) is 0 Å². The van der Waals surface area contributed by atoms with Crippen molar-refractivity contribution < 1.29 is 8.83 Å². The van der Waals surface area contributed by atoms with Crippen molar-refractivity contribution in [3.63, 3.8) is 0 Å². The third-order valence-electron chi connectivity index (χ3n) is 3.84. The first kappa shape index (κ1) is 13.8. The zero-order valence-electron chi connectivity index (χ0n) is 12.6. The van der Waals surface area contributed by atoms with Crippen LogP contribution < -0.4 is 0 Å². The lowest BCUT2D eigenvalue weighted by Crippen LogP contribution is -1.75. The molecule has 0 fully saturated rings. The third-order valence-corrected chi connectivity index (χ3v) is 5.97. The quantitative estimate of drug-likeness (QED) is 0.315. The fourth-order valence-electron chi connectivity index (χ4n) is 2.69. The van der Waals surface area contributed by atoms with Gasteiger partial charge in [-0.3, -0.25) is 0 Å². The van der Waals surface area contributed by atoms with E-state index in [9.17, 15) is 0 Å². The van der Waals surface area contributed by atoms with Gasteiger partial charge in [0.25, 0.3) is 0 Å². The first-order chi connectivity index (χ1) is 11.9. The van der Waals surface area contributed by atoms with Crippen molar-refractivity contribution in [3.8, 4) is 21.3 Å². The average Bonchev–Trinajstić information content (AvgIpc) is 3.26. The number of rotatable bonds is 2. The molecule has 3 aromatic carbocycles. The number of hydrogen-bond donors (Lipinski definition) is 0. The normalized spacial score (nSPS) is 11.3. The highest BCUT2D eigenvalue weighted by Gasteiger charge is 2.23. The van der Waals surface area contributed by atoms with Gasteiger partial charge in [-0.2, -0.15) is 8.83 Å². The van der Waals surface area contributed by atoms with Crippen molar-refractivity contribution >= 4 is 43.2 Å².